The molecule has 0 aliphatic rings. The van der Waals surface area contributed by atoms with Crippen molar-refractivity contribution in [3.8, 4) is 5.75 Å². The maximum absolute atomic E-state index is 13.6. The number of benzene rings is 2. The second-order valence-corrected chi connectivity index (χ2v) is 4.63. The van der Waals surface area contributed by atoms with Crippen molar-refractivity contribution in [2.45, 2.75) is 13.1 Å². The summed E-state index contributed by atoms with van der Waals surface area (Å²) < 4.78 is 18.7. The SMILES string of the molecule is COc1ccc(CNCc2ccc(C(N)=O)c(F)c2)cc1. The van der Waals surface area contributed by atoms with Gasteiger partial charge in [-0.15, -0.1) is 0 Å². The minimum atomic E-state index is -0.759. The van der Waals surface area contributed by atoms with E-state index in [1.807, 2.05) is 24.3 Å². The molecular formula is C16H17FN2O2. The molecule has 21 heavy (non-hydrogen) atoms. The first kappa shape index (κ1) is 15.0. The smallest absolute Gasteiger partial charge is 0.251 e. The van der Waals surface area contributed by atoms with Crippen molar-refractivity contribution >= 4 is 5.91 Å². The summed E-state index contributed by atoms with van der Waals surface area (Å²) in [6.07, 6.45) is 0. The third-order valence-electron chi connectivity index (χ3n) is 3.12. The number of halogens is 1. The van der Waals surface area contributed by atoms with E-state index in [9.17, 15) is 9.18 Å². The number of rotatable bonds is 6. The van der Waals surface area contributed by atoms with Crippen LogP contribution in [0.4, 0.5) is 4.39 Å². The fourth-order valence-corrected chi connectivity index (χ4v) is 1.96. The highest BCUT2D eigenvalue weighted by atomic mass is 19.1. The second-order valence-electron chi connectivity index (χ2n) is 4.63. The summed E-state index contributed by atoms with van der Waals surface area (Å²) in [5.74, 6) is -0.542. The van der Waals surface area contributed by atoms with Gasteiger partial charge in [-0.3, -0.25) is 4.79 Å². The van der Waals surface area contributed by atoms with Crippen LogP contribution in [0.5, 0.6) is 5.75 Å². The van der Waals surface area contributed by atoms with E-state index in [2.05, 4.69) is 5.32 Å². The molecule has 0 saturated heterocycles. The molecule has 0 unspecified atom stereocenters. The minimum Gasteiger partial charge on any atom is -0.497 e. The molecule has 0 atom stereocenters. The number of methoxy groups -OCH3 is 1. The number of ether oxygens (including phenoxy) is 1. The second kappa shape index (κ2) is 6.85. The molecule has 0 heterocycles. The monoisotopic (exact) mass is 288 g/mol. The van der Waals surface area contributed by atoms with Gasteiger partial charge in [0.25, 0.3) is 5.91 Å². The number of hydrogen-bond acceptors (Lipinski definition) is 3. The third-order valence-corrected chi connectivity index (χ3v) is 3.12. The molecule has 0 radical (unpaired) electrons. The number of nitrogens with one attached hydrogen (secondary N) is 1. The highest BCUT2D eigenvalue weighted by Crippen LogP contribution is 2.12. The molecule has 0 aliphatic heterocycles. The van der Waals surface area contributed by atoms with Gasteiger partial charge in [-0.25, -0.2) is 4.39 Å². The Kier molecular flexibility index (Phi) is 4.90. The van der Waals surface area contributed by atoms with E-state index in [4.69, 9.17) is 10.5 Å². The minimum absolute atomic E-state index is 0.0890. The van der Waals surface area contributed by atoms with Gasteiger partial charge >= 0.3 is 0 Å². The number of hydrogen-bond donors (Lipinski definition) is 2. The summed E-state index contributed by atoms with van der Waals surface area (Å²) in [4.78, 5) is 10.9. The first-order chi connectivity index (χ1) is 10.1. The zero-order valence-corrected chi connectivity index (χ0v) is 11.7. The molecule has 3 N–H and O–H groups in total. The van der Waals surface area contributed by atoms with Crippen molar-refractivity contribution in [3.05, 3.63) is 65.0 Å². The summed E-state index contributed by atoms with van der Waals surface area (Å²) in [7, 11) is 1.62. The average Bonchev–Trinajstić information content (AvgIpc) is 2.47. The van der Waals surface area contributed by atoms with Gasteiger partial charge in [0.05, 0.1) is 12.7 Å². The molecule has 0 bridgehead atoms. The largest absolute Gasteiger partial charge is 0.497 e. The number of carbonyl (C=O) groups excluding carboxylic acids is 1. The van der Waals surface area contributed by atoms with Gasteiger partial charge in [-0.1, -0.05) is 18.2 Å². The maximum Gasteiger partial charge on any atom is 0.251 e. The number of nitrogens with two attached hydrogens (primary N) is 1. The molecule has 0 saturated carbocycles. The lowest BCUT2D eigenvalue weighted by atomic mass is 10.1. The Morgan fingerprint density at radius 2 is 1.76 bits per heavy atom. The summed E-state index contributed by atoms with van der Waals surface area (Å²) in [5.41, 5.74) is 6.83. The van der Waals surface area contributed by atoms with Gasteiger partial charge in [0.2, 0.25) is 0 Å². The molecular weight excluding hydrogens is 271 g/mol. The Labute approximate surface area is 122 Å². The van der Waals surface area contributed by atoms with E-state index >= 15 is 0 Å². The average molecular weight is 288 g/mol. The van der Waals surface area contributed by atoms with Crippen LogP contribution < -0.4 is 15.8 Å². The van der Waals surface area contributed by atoms with Crippen LogP contribution in [0.15, 0.2) is 42.5 Å². The Balaban J connectivity index is 1.91. The van der Waals surface area contributed by atoms with E-state index in [0.717, 1.165) is 16.9 Å². The lowest BCUT2D eigenvalue weighted by molar-refractivity contribution is 0.0996. The molecule has 2 aromatic rings. The molecule has 2 rings (SSSR count). The zero-order chi connectivity index (χ0) is 15.2. The van der Waals surface area contributed by atoms with Crippen molar-refractivity contribution in [1.29, 1.82) is 0 Å². The summed E-state index contributed by atoms with van der Waals surface area (Å²) in [6, 6.07) is 12.1. The Morgan fingerprint density at radius 3 is 2.33 bits per heavy atom. The molecule has 5 heteroatoms. The molecule has 0 spiro atoms. The highest BCUT2D eigenvalue weighted by Gasteiger charge is 2.08. The lowest BCUT2D eigenvalue weighted by Gasteiger charge is -2.07. The van der Waals surface area contributed by atoms with Crippen LogP contribution in [0.25, 0.3) is 0 Å². The summed E-state index contributed by atoms with van der Waals surface area (Å²) in [5, 5.41) is 3.21. The molecule has 2 aromatic carbocycles. The molecule has 0 aliphatic carbocycles. The van der Waals surface area contributed by atoms with Crippen LogP contribution in [-0.2, 0) is 13.1 Å². The fraction of sp³-hybridized carbons (Fsp3) is 0.188. The predicted molar refractivity (Wildman–Crippen MR) is 78.5 cm³/mol. The van der Waals surface area contributed by atoms with Crippen LogP contribution in [-0.4, -0.2) is 13.0 Å². The maximum atomic E-state index is 13.6. The standard InChI is InChI=1S/C16H17FN2O2/c1-21-13-5-2-11(3-6-13)9-19-10-12-4-7-14(16(18)20)15(17)8-12/h2-8,19H,9-10H2,1H3,(H2,18,20). The number of carbonyl (C=O) groups is 1. The highest BCUT2D eigenvalue weighted by molar-refractivity contribution is 5.93. The first-order valence-electron chi connectivity index (χ1n) is 6.52. The van der Waals surface area contributed by atoms with E-state index in [1.54, 1.807) is 13.2 Å². The van der Waals surface area contributed by atoms with Crippen molar-refractivity contribution in [1.82, 2.24) is 5.32 Å². The van der Waals surface area contributed by atoms with Gasteiger partial charge in [-0.05, 0) is 35.4 Å². The number of primary amides is 1. The predicted octanol–water partition coefficient (Wildman–Crippen LogP) is 2.22. The van der Waals surface area contributed by atoms with Crippen LogP contribution in [0.3, 0.4) is 0 Å². The lowest BCUT2D eigenvalue weighted by Crippen LogP contribution is -2.15. The number of amides is 1. The molecule has 0 aromatic heterocycles. The van der Waals surface area contributed by atoms with Crippen molar-refractivity contribution in [3.63, 3.8) is 0 Å². The first-order valence-corrected chi connectivity index (χ1v) is 6.52. The van der Waals surface area contributed by atoms with Gasteiger partial charge in [0.15, 0.2) is 0 Å². The molecule has 1 amide bonds. The van der Waals surface area contributed by atoms with E-state index < -0.39 is 11.7 Å². The third kappa shape index (κ3) is 4.03. The van der Waals surface area contributed by atoms with Crippen molar-refractivity contribution < 1.29 is 13.9 Å². The Bertz CT molecular complexity index is 627. The zero-order valence-electron chi connectivity index (χ0n) is 11.7. The normalized spacial score (nSPS) is 10.4. The van der Waals surface area contributed by atoms with Gasteiger partial charge in [0, 0.05) is 13.1 Å². The van der Waals surface area contributed by atoms with Crippen LogP contribution in [0.2, 0.25) is 0 Å². The van der Waals surface area contributed by atoms with Crippen molar-refractivity contribution in [2.75, 3.05) is 7.11 Å². The molecule has 110 valence electrons. The summed E-state index contributed by atoms with van der Waals surface area (Å²) >= 11 is 0. The van der Waals surface area contributed by atoms with E-state index in [1.165, 1.54) is 12.1 Å². The van der Waals surface area contributed by atoms with Crippen LogP contribution >= 0.6 is 0 Å². The quantitative estimate of drug-likeness (QED) is 0.856. The van der Waals surface area contributed by atoms with E-state index in [-0.39, 0.29) is 5.56 Å². The molecule has 0 fully saturated rings. The Hall–Kier alpha value is -2.40. The van der Waals surface area contributed by atoms with Crippen molar-refractivity contribution in [2.24, 2.45) is 5.73 Å². The van der Waals surface area contributed by atoms with Crippen LogP contribution in [0.1, 0.15) is 21.5 Å². The van der Waals surface area contributed by atoms with E-state index in [0.29, 0.717) is 13.1 Å². The molecule has 4 nitrogen and oxygen atoms in total. The van der Waals surface area contributed by atoms with Gasteiger partial charge in [0.1, 0.15) is 11.6 Å². The Morgan fingerprint density at radius 1 is 1.14 bits per heavy atom. The topological polar surface area (TPSA) is 64.3 Å². The van der Waals surface area contributed by atoms with Crippen LogP contribution in [0, 0.1) is 5.82 Å². The fourth-order valence-electron chi connectivity index (χ4n) is 1.96. The summed E-state index contributed by atoms with van der Waals surface area (Å²) in [6.45, 7) is 1.16. The van der Waals surface area contributed by atoms with Gasteiger partial charge in [-0.2, -0.15) is 0 Å². The van der Waals surface area contributed by atoms with Gasteiger partial charge < -0.3 is 15.8 Å².